The number of benzene rings is 1. The molecular weight excluding hydrogens is 190 g/mol. The number of rotatable bonds is 2. The molecule has 0 N–H and O–H groups in total. The molecule has 1 heterocycles. The van der Waals surface area contributed by atoms with Crippen LogP contribution in [0.2, 0.25) is 0 Å². The van der Waals surface area contributed by atoms with E-state index in [4.69, 9.17) is 12.2 Å². The first-order chi connectivity index (χ1) is 6.79. The SMILES string of the molecule is C[C@@H](c1ccccc1)N1CCCC1=S. The van der Waals surface area contributed by atoms with Crippen LogP contribution in [0.4, 0.5) is 0 Å². The molecule has 2 heteroatoms. The van der Waals surface area contributed by atoms with Crippen molar-refractivity contribution in [1.82, 2.24) is 4.90 Å². The van der Waals surface area contributed by atoms with Gasteiger partial charge in [-0.2, -0.15) is 0 Å². The molecule has 1 aliphatic rings. The lowest BCUT2D eigenvalue weighted by Crippen LogP contribution is -2.26. The average Bonchev–Trinajstić information content (AvgIpc) is 2.65. The molecule has 0 saturated carbocycles. The zero-order chi connectivity index (χ0) is 9.97. The normalized spacial score (nSPS) is 18.6. The molecule has 0 aliphatic carbocycles. The molecule has 1 fully saturated rings. The van der Waals surface area contributed by atoms with Crippen molar-refractivity contribution in [3.63, 3.8) is 0 Å². The predicted octanol–water partition coefficient (Wildman–Crippen LogP) is 3.17. The van der Waals surface area contributed by atoms with E-state index in [2.05, 4.69) is 42.2 Å². The van der Waals surface area contributed by atoms with E-state index in [0.29, 0.717) is 6.04 Å². The molecule has 74 valence electrons. The van der Waals surface area contributed by atoms with Crippen LogP contribution < -0.4 is 0 Å². The van der Waals surface area contributed by atoms with Gasteiger partial charge in [-0.05, 0) is 25.3 Å². The number of hydrogen-bond donors (Lipinski definition) is 0. The molecule has 0 aromatic heterocycles. The van der Waals surface area contributed by atoms with Crippen LogP contribution in [0.3, 0.4) is 0 Å². The van der Waals surface area contributed by atoms with Crippen molar-refractivity contribution in [3.05, 3.63) is 35.9 Å². The number of likely N-dealkylation sites (tertiary alicyclic amines) is 1. The molecule has 1 aromatic rings. The minimum atomic E-state index is 0.436. The lowest BCUT2D eigenvalue weighted by molar-refractivity contribution is 0.369. The predicted molar refractivity (Wildman–Crippen MR) is 63.4 cm³/mol. The maximum absolute atomic E-state index is 5.34. The van der Waals surface area contributed by atoms with Crippen LogP contribution in [0.1, 0.15) is 31.4 Å². The fourth-order valence-electron chi connectivity index (χ4n) is 1.99. The Morgan fingerprint density at radius 3 is 2.57 bits per heavy atom. The van der Waals surface area contributed by atoms with Gasteiger partial charge in [-0.3, -0.25) is 0 Å². The fourth-order valence-corrected chi connectivity index (χ4v) is 2.38. The molecule has 14 heavy (non-hydrogen) atoms. The zero-order valence-electron chi connectivity index (χ0n) is 8.44. The van der Waals surface area contributed by atoms with Gasteiger partial charge in [-0.25, -0.2) is 0 Å². The van der Waals surface area contributed by atoms with Crippen LogP contribution in [-0.2, 0) is 0 Å². The van der Waals surface area contributed by atoms with Gasteiger partial charge in [0.25, 0.3) is 0 Å². The third-order valence-electron chi connectivity index (χ3n) is 2.86. The minimum Gasteiger partial charge on any atom is -0.359 e. The van der Waals surface area contributed by atoms with Crippen molar-refractivity contribution in [1.29, 1.82) is 0 Å². The molecular formula is C12H15NS. The third-order valence-corrected chi connectivity index (χ3v) is 3.30. The fraction of sp³-hybridized carbons (Fsp3) is 0.417. The number of thiocarbonyl (C=S) groups is 1. The van der Waals surface area contributed by atoms with E-state index in [0.717, 1.165) is 18.0 Å². The van der Waals surface area contributed by atoms with Crippen molar-refractivity contribution in [2.24, 2.45) is 0 Å². The van der Waals surface area contributed by atoms with Crippen molar-refractivity contribution in [2.45, 2.75) is 25.8 Å². The lowest BCUT2D eigenvalue weighted by atomic mass is 10.1. The van der Waals surface area contributed by atoms with E-state index < -0.39 is 0 Å². The van der Waals surface area contributed by atoms with Gasteiger partial charge in [0.2, 0.25) is 0 Å². The highest BCUT2D eigenvalue weighted by Crippen LogP contribution is 2.25. The summed E-state index contributed by atoms with van der Waals surface area (Å²) in [4.78, 5) is 3.46. The Morgan fingerprint density at radius 1 is 1.29 bits per heavy atom. The molecule has 0 radical (unpaired) electrons. The Balaban J connectivity index is 2.16. The van der Waals surface area contributed by atoms with Gasteiger partial charge in [0.15, 0.2) is 0 Å². The minimum absolute atomic E-state index is 0.436. The van der Waals surface area contributed by atoms with Crippen molar-refractivity contribution in [3.8, 4) is 0 Å². The van der Waals surface area contributed by atoms with Gasteiger partial charge in [0.05, 0.1) is 11.0 Å². The van der Waals surface area contributed by atoms with Gasteiger partial charge in [-0.1, -0.05) is 42.5 Å². The second kappa shape index (κ2) is 4.09. The van der Waals surface area contributed by atoms with Gasteiger partial charge < -0.3 is 4.90 Å². The first-order valence-corrected chi connectivity index (χ1v) is 5.54. The first-order valence-electron chi connectivity index (χ1n) is 5.13. The summed E-state index contributed by atoms with van der Waals surface area (Å²) in [6, 6.07) is 11.0. The highest BCUT2D eigenvalue weighted by Gasteiger charge is 2.22. The second-order valence-corrected chi connectivity index (χ2v) is 4.25. The molecule has 1 saturated heterocycles. The highest BCUT2D eigenvalue weighted by molar-refractivity contribution is 7.80. The van der Waals surface area contributed by atoms with Crippen molar-refractivity contribution >= 4 is 17.2 Å². The van der Waals surface area contributed by atoms with Crippen molar-refractivity contribution in [2.75, 3.05) is 6.54 Å². The molecule has 0 amide bonds. The third kappa shape index (κ3) is 1.80. The Kier molecular flexibility index (Phi) is 2.82. The van der Waals surface area contributed by atoms with E-state index in [1.807, 2.05) is 0 Å². The van der Waals surface area contributed by atoms with E-state index in [1.165, 1.54) is 12.0 Å². The summed E-state index contributed by atoms with van der Waals surface area (Å²) in [6.07, 6.45) is 2.31. The maximum Gasteiger partial charge on any atom is 0.0785 e. The summed E-state index contributed by atoms with van der Waals surface area (Å²) in [5.74, 6) is 0. The van der Waals surface area contributed by atoms with Crippen LogP contribution in [0, 0.1) is 0 Å². The molecule has 0 spiro atoms. The quantitative estimate of drug-likeness (QED) is 0.682. The van der Waals surface area contributed by atoms with E-state index >= 15 is 0 Å². The second-order valence-electron chi connectivity index (χ2n) is 3.78. The Hall–Kier alpha value is -0.890. The highest BCUT2D eigenvalue weighted by atomic mass is 32.1. The average molecular weight is 205 g/mol. The van der Waals surface area contributed by atoms with Gasteiger partial charge in [0, 0.05) is 6.54 Å². The Bertz CT molecular complexity index is 320. The van der Waals surface area contributed by atoms with Gasteiger partial charge >= 0.3 is 0 Å². The Morgan fingerprint density at radius 2 is 2.00 bits per heavy atom. The monoisotopic (exact) mass is 205 g/mol. The molecule has 0 unspecified atom stereocenters. The Labute approximate surface area is 90.7 Å². The summed E-state index contributed by atoms with van der Waals surface area (Å²) >= 11 is 5.34. The number of nitrogens with zero attached hydrogens (tertiary/aromatic N) is 1. The van der Waals surface area contributed by atoms with Gasteiger partial charge in [-0.15, -0.1) is 0 Å². The topological polar surface area (TPSA) is 3.24 Å². The molecule has 1 atom stereocenters. The van der Waals surface area contributed by atoms with E-state index in [-0.39, 0.29) is 0 Å². The van der Waals surface area contributed by atoms with Gasteiger partial charge in [0.1, 0.15) is 0 Å². The van der Waals surface area contributed by atoms with Crippen molar-refractivity contribution < 1.29 is 0 Å². The van der Waals surface area contributed by atoms with Crippen LogP contribution in [0.25, 0.3) is 0 Å². The van der Waals surface area contributed by atoms with Crippen LogP contribution >= 0.6 is 12.2 Å². The van der Waals surface area contributed by atoms with E-state index in [9.17, 15) is 0 Å². The number of hydrogen-bond acceptors (Lipinski definition) is 1. The van der Waals surface area contributed by atoms with Crippen LogP contribution in [0.15, 0.2) is 30.3 Å². The molecule has 1 aromatic carbocycles. The summed E-state index contributed by atoms with van der Waals surface area (Å²) < 4.78 is 0. The first kappa shape index (κ1) is 9.66. The summed E-state index contributed by atoms with van der Waals surface area (Å²) in [5, 5.41) is 0. The van der Waals surface area contributed by atoms with Crippen LogP contribution in [0.5, 0.6) is 0 Å². The smallest absolute Gasteiger partial charge is 0.0785 e. The largest absolute Gasteiger partial charge is 0.359 e. The standard InChI is InChI=1S/C12H15NS/c1-10(11-6-3-2-4-7-11)13-9-5-8-12(13)14/h2-4,6-7,10H,5,8-9H2,1H3/t10-/m0/s1. The van der Waals surface area contributed by atoms with Crippen LogP contribution in [-0.4, -0.2) is 16.4 Å². The molecule has 1 aliphatic heterocycles. The lowest BCUT2D eigenvalue weighted by Gasteiger charge is -2.26. The molecule has 2 rings (SSSR count). The summed E-state index contributed by atoms with van der Waals surface area (Å²) in [7, 11) is 0. The zero-order valence-corrected chi connectivity index (χ0v) is 9.26. The van der Waals surface area contributed by atoms with E-state index in [1.54, 1.807) is 0 Å². The molecule has 0 bridgehead atoms. The maximum atomic E-state index is 5.34. The molecule has 1 nitrogen and oxygen atoms in total. The summed E-state index contributed by atoms with van der Waals surface area (Å²) in [6.45, 7) is 3.35. The summed E-state index contributed by atoms with van der Waals surface area (Å²) in [5.41, 5.74) is 1.36.